The summed E-state index contributed by atoms with van der Waals surface area (Å²) in [6.07, 6.45) is 1.74. The Morgan fingerprint density at radius 1 is 1.08 bits per heavy atom. The Morgan fingerprint density at radius 2 is 2.00 bits per heavy atom. The van der Waals surface area contributed by atoms with Crippen LogP contribution in [0.2, 0.25) is 0 Å². The van der Waals surface area contributed by atoms with Crippen LogP contribution < -0.4 is 15.0 Å². The van der Waals surface area contributed by atoms with Crippen LogP contribution in [-0.2, 0) is 49.9 Å². The van der Waals surface area contributed by atoms with Gasteiger partial charge in [-0.1, -0.05) is 24.3 Å². The van der Waals surface area contributed by atoms with Crippen molar-refractivity contribution in [2.75, 3.05) is 71.7 Å². The zero-order valence-corrected chi connectivity index (χ0v) is 22.1. The fraction of sp³-hybridized carbons (Fsp3) is 0.586. The van der Waals surface area contributed by atoms with Crippen LogP contribution >= 0.6 is 0 Å². The second kappa shape index (κ2) is 12.6. The van der Waals surface area contributed by atoms with Gasteiger partial charge in [-0.25, -0.2) is 0 Å². The van der Waals surface area contributed by atoms with E-state index < -0.39 is 0 Å². The molecule has 1 saturated heterocycles. The van der Waals surface area contributed by atoms with E-state index in [0.29, 0.717) is 46.2 Å². The Hall–Kier alpha value is -2.20. The first-order valence-electron chi connectivity index (χ1n) is 13.3. The molecule has 1 spiro atoms. The van der Waals surface area contributed by atoms with E-state index in [4.69, 9.17) is 28.4 Å². The van der Waals surface area contributed by atoms with Crippen molar-refractivity contribution in [2.45, 2.75) is 44.4 Å². The van der Waals surface area contributed by atoms with Crippen molar-refractivity contribution in [3.05, 3.63) is 58.7 Å². The summed E-state index contributed by atoms with van der Waals surface area (Å²) in [6, 6.07) is 12.9. The molecule has 3 aliphatic heterocycles. The van der Waals surface area contributed by atoms with Gasteiger partial charge in [0.2, 0.25) is 0 Å². The Bertz CT molecular complexity index is 1030. The van der Waals surface area contributed by atoms with Crippen LogP contribution in [-0.4, -0.2) is 78.5 Å². The maximum atomic E-state index is 6.66. The number of methoxy groups -OCH3 is 2. The number of nitrogens with one attached hydrogen (secondary N) is 1. The molecule has 1 fully saturated rings. The van der Waals surface area contributed by atoms with Crippen molar-refractivity contribution < 1.29 is 28.4 Å². The van der Waals surface area contributed by atoms with Gasteiger partial charge in [0.1, 0.15) is 18.0 Å². The summed E-state index contributed by atoms with van der Waals surface area (Å²) in [5, 5.41) is 3.51. The molecule has 2 aromatic carbocycles. The zero-order chi connectivity index (χ0) is 25.5. The molecule has 1 N–H and O–H groups in total. The standard InChI is InChI=1S/C29H40N2O6/c1-32-12-10-31-11-13-35-27-16-22(6-7-26(27)31)19-36-28-18-30-9-8-29(28)17-23-4-3-5-24(25(23)21-37-29)20-34-15-14-33-2/h3-7,16,28,30H,8-15,17-21H2,1-2H3/t28-,29-/m0/s1. The topological polar surface area (TPSA) is 70.7 Å². The average Bonchev–Trinajstić information content (AvgIpc) is 2.93. The summed E-state index contributed by atoms with van der Waals surface area (Å²) in [7, 11) is 3.43. The summed E-state index contributed by atoms with van der Waals surface area (Å²) in [5.41, 5.74) is 5.70. The van der Waals surface area contributed by atoms with E-state index in [1.165, 1.54) is 16.7 Å². The lowest BCUT2D eigenvalue weighted by Gasteiger charge is -2.47. The van der Waals surface area contributed by atoms with Crippen molar-refractivity contribution in [3.63, 3.8) is 0 Å². The minimum atomic E-state index is -0.324. The van der Waals surface area contributed by atoms with Crippen molar-refractivity contribution in [2.24, 2.45) is 0 Å². The third-order valence-corrected chi connectivity index (χ3v) is 7.69. The monoisotopic (exact) mass is 512 g/mol. The van der Waals surface area contributed by atoms with Gasteiger partial charge >= 0.3 is 0 Å². The van der Waals surface area contributed by atoms with Crippen LogP contribution in [0.1, 0.15) is 28.7 Å². The number of benzene rings is 2. The molecular weight excluding hydrogens is 472 g/mol. The Labute approximate surface area is 220 Å². The van der Waals surface area contributed by atoms with Gasteiger partial charge in [-0.05, 0) is 47.4 Å². The van der Waals surface area contributed by atoms with Crippen LogP contribution in [0, 0.1) is 0 Å². The lowest BCUT2D eigenvalue weighted by atomic mass is 9.79. The molecule has 2 atom stereocenters. The van der Waals surface area contributed by atoms with Crippen molar-refractivity contribution in [1.82, 2.24) is 5.32 Å². The number of fused-ring (bicyclic) bond motifs is 2. The first kappa shape index (κ1) is 26.4. The highest BCUT2D eigenvalue weighted by molar-refractivity contribution is 5.61. The van der Waals surface area contributed by atoms with Gasteiger partial charge in [0.15, 0.2) is 0 Å². The minimum absolute atomic E-state index is 0.0360. The number of rotatable bonds is 11. The van der Waals surface area contributed by atoms with Crippen LogP contribution in [0.5, 0.6) is 5.75 Å². The molecule has 3 heterocycles. The summed E-state index contributed by atoms with van der Waals surface area (Å²) in [4.78, 5) is 2.32. The van der Waals surface area contributed by atoms with Crippen molar-refractivity contribution in [1.29, 1.82) is 0 Å². The maximum absolute atomic E-state index is 6.66. The quantitative estimate of drug-likeness (QED) is 0.461. The van der Waals surface area contributed by atoms with Crippen molar-refractivity contribution >= 4 is 5.69 Å². The van der Waals surface area contributed by atoms with E-state index in [9.17, 15) is 0 Å². The molecule has 0 bridgehead atoms. The number of hydrogen-bond donors (Lipinski definition) is 1. The van der Waals surface area contributed by atoms with E-state index in [1.807, 2.05) is 0 Å². The van der Waals surface area contributed by atoms with E-state index in [2.05, 4.69) is 46.6 Å². The normalized spacial score (nSPS) is 23.0. The molecule has 8 nitrogen and oxygen atoms in total. The Kier molecular flexibility index (Phi) is 8.97. The predicted octanol–water partition coefficient (Wildman–Crippen LogP) is 3.09. The molecule has 3 aliphatic rings. The smallest absolute Gasteiger partial charge is 0.143 e. The molecule has 0 aliphatic carbocycles. The first-order valence-corrected chi connectivity index (χ1v) is 13.3. The summed E-state index contributed by atoms with van der Waals surface area (Å²) >= 11 is 0. The summed E-state index contributed by atoms with van der Waals surface area (Å²) < 4.78 is 35.4. The molecule has 37 heavy (non-hydrogen) atoms. The van der Waals surface area contributed by atoms with Gasteiger partial charge in [0.05, 0.1) is 58.0 Å². The molecule has 0 unspecified atom stereocenters. The largest absolute Gasteiger partial charge is 0.490 e. The highest BCUT2D eigenvalue weighted by Crippen LogP contribution is 2.38. The number of anilines is 1. The first-order chi connectivity index (χ1) is 18.2. The summed E-state index contributed by atoms with van der Waals surface area (Å²) in [6.45, 7) is 7.70. The molecule has 0 saturated carbocycles. The van der Waals surface area contributed by atoms with Gasteiger partial charge in [-0.3, -0.25) is 0 Å². The second-order valence-electron chi connectivity index (χ2n) is 10.0. The molecular formula is C29H40N2O6. The van der Waals surface area contributed by atoms with E-state index in [0.717, 1.165) is 56.0 Å². The molecule has 5 rings (SSSR count). The van der Waals surface area contributed by atoms with Crippen LogP contribution in [0.15, 0.2) is 36.4 Å². The van der Waals surface area contributed by atoms with Gasteiger partial charge < -0.3 is 38.6 Å². The number of hydrogen-bond acceptors (Lipinski definition) is 8. The fourth-order valence-corrected chi connectivity index (χ4v) is 5.59. The number of ether oxygens (including phenoxy) is 6. The van der Waals surface area contributed by atoms with E-state index >= 15 is 0 Å². The summed E-state index contributed by atoms with van der Waals surface area (Å²) in [5.74, 6) is 0.919. The van der Waals surface area contributed by atoms with E-state index in [-0.39, 0.29) is 11.7 Å². The SMILES string of the molecule is COCCOCc1cccc2c1CO[C@@]1(CCNC[C@@H]1OCc1ccc3c(c1)OCCN3CCOC)C2. The highest BCUT2D eigenvalue weighted by atomic mass is 16.6. The molecule has 0 radical (unpaired) electrons. The highest BCUT2D eigenvalue weighted by Gasteiger charge is 2.45. The minimum Gasteiger partial charge on any atom is -0.490 e. The molecule has 0 aromatic heterocycles. The van der Waals surface area contributed by atoms with Gasteiger partial charge in [0.25, 0.3) is 0 Å². The maximum Gasteiger partial charge on any atom is 0.143 e. The number of piperidine rings is 1. The Balaban J connectivity index is 1.25. The average molecular weight is 513 g/mol. The molecule has 0 amide bonds. The van der Waals surface area contributed by atoms with E-state index in [1.54, 1.807) is 14.2 Å². The molecule has 2 aromatic rings. The van der Waals surface area contributed by atoms with Crippen LogP contribution in [0.3, 0.4) is 0 Å². The van der Waals surface area contributed by atoms with Gasteiger partial charge in [0, 0.05) is 33.7 Å². The van der Waals surface area contributed by atoms with Crippen LogP contribution in [0.25, 0.3) is 0 Å². The van der Waals surface area contributed by atoms with Crippen LogP contribution in [0.4, 0.5) is 5.69 Å². The predicted molar refractivity (Wildman–Crippen MR) is 141 cm³/mol. The number of nitrogens with zero attached hydrogens (tertiary/aromatic N) is 1. The van der Waals surface area contributed by atoms with Gasteiger partial charge in [-0.2, -0.15) is 0 Å². The third kappa shape index (κ3) is 6.11. The Morgan fingerprint density at radius 3 is 2.89 bits per heavy atom. The van der Waals surface area contributed by atoms with Crippen molar-refractivity contribution in [3.8, 4) is 5.75 Å². The fourth-order valence-electron chi connectivity index (χ4n) is 5.59. The van der Waals surface area contributed by atoms with Gasteiger partial charge in [-0.15, -0.1) is 0 Å². The second-order valence-corrected chi connectivity index (χ2v) is 10.0. The lowest BCUT2D eigenvalue weighted by molar-refractivity contribution is -0.175. The third-order valence-electron chi connectivity index (χ3n) is 7.69. The lowest BCUT2D eigenvalue weighted by Crippen LogP contribution is -2.59. The molecule has 8 heteroatoms. The molecule has 202 valence electrons. The zero-order valence-electron chi connectivity index (χ0n) is 22.1.